The second kappa shape index (κ2) is 8.47. The average molecular weight is 424 g/mol. The third-order valence-corrected chi connectivity index (χ3v) is 4.82. The van der Waals surface area contributed by atoms with Crippen LogP contribution in [0.4, 0.5) is 0 Å². The van der Waals surface area contributed by atoms with Gasteiger partial charge in [-0.2, -0.15) is 0 Å². The lowest BCUT2D eigenvalue weighted by Gasteiger charge is -2.14. The smallest absolute Gasteiger partial charge is 0.363 e. The van der Waals surface area contributed by atoms with E-state index in [0.717, 1.165) is 11.1 Å². The summed E-state index contributed by atoms with van der Waals surface area (Å²) in [6.45, 7) is 2.37. The second-order valence-corrected chi connectivity index (χ2v) is 6.97. The van der Waals surface area contributed by atoms with Gasteiger partial charge in [0.25, 0.3) is 5.90 Å². The average Bonchev–Trinajstić information content (AvgIpc) is 3.38. The predicted octanol–water partition coefficient (Wildman–Crippen LogP) is 5.17. The first kappa shape index (κ1) is 19.8. The summed E-state index contributed by atoms with van der Waals surface area (Å²) in [5, 5.41) is 0.358. The Morgan fingerprint density at radius 1 is 1.17 bits per heavy atom. The third-order valence-electron chi connectivity index (χ3n) is 4.54. The fraction of sp³-hybridized carbons (Fsp3) is 0.130. The highest BCUT2D eigenvalue weighted by Crippen LogP contribution is 2.38. The van der Waals surface area contributed by atoms with Gasteiger partial charge in [-0.05, 0) is 54.0 Å². The molecule has 0 amide bonds. The molecule has 1 aliphatic heterocycles. The summed E-state index contributed by atoms with van der Waals surface area (Å²) in [7, 11) is 1.53. The van der Waals surface area contributed by atoms with Crippen LogP contribution >= 0.6 is 11.6 Å². The Kier molecular flexibility index (Phi) is 5.59. The van der Waals surface area contributed by atoms with Crippen molar-refractivity contribution in [1.82, 2.24) is 0 Å². The summed E-state index contributed by atoms with van der Waals surface area (Å²) in [5.74, 6) is 0.800. The molecule has 2 heterocycles. The Labute approximate surface area is 178 Å². The first-order chi connectivity index (χ1) is 14.5. The Morgan fingerprint density at radius 3 is 2.73 bits per heavy atom. The van der Waals surface area contributed by atoms with E-state index in [2.05, 4.69) is 4.99 Å². The molecule has 0 N–H and O–H groups in total. The number of hydrogen-bond donors (Lipinski definition) is 0. The molecule has 1 aromatic heterocycles. The topological polar surface area (TPSA) is 70.3 Å². The Bertz CT molecular complexity index is 1150. The highest BCUT2D eigenvalue weighted by Gasteiger charge is 2.26. The fourth-order valence-electron chi connectivity index (χ4n) is 2.96. The number of rotatable bonds is 6. The number of esters is 1. The molecule has 0 spiro atoms. The number of cyclic esters (lactones) is 1. The number of halogens is 1. The van der Waals surface area contributed by atoms with Gasteiger partial charge in [-0.15, -0.1) is 0 Å². The van der Waals surface area contributed by atoms with E-state index in [-0.39, 0.29) is 11.6 Å². The van der Waals surface area contributed by atoms with Crippen LogP contribution in [0, 0.1) is 6.92 Å². The van der Waals surface area contributed by atoms with Crippen LogP contribution in [0.25, 0.3) is 6.08 Å². The zero-order chi connectivity index (χ0) is 21.1. The molecule has 3 aromatic rings. The Morgan fingerprint density at radius 2 is 2.00 bits per heavy atom. The third kappa shape index (κ3) is 4.09. The molecular weight excluding hydrogens is 406 g/mol. The maximum atomic E-state index is 12.1. The molecule has 0 atom stereocenters. The van der Waals surface area contributed by atoms with E-state index in [4.69, 9.17) is 30.2 Å². The second-order valence-electron chi connectivity index (χ2n) is 6.56. The molecule has 0 saturated heterocycles. The molecule has 7 heteroatoms. The maximum Gasteiger partial charge on any atom is 0.363 e. The largest absolute Gasteiger partial charge is 0.493 e. The quantitative estimate of drug-likeness (QED) is 0.404. The van der Waals surface area contributed by atoms with Crippen molar-refractivity contribution in [2.45, 2.75) is 13.5 Å². The first-order valence-corrected chi connectivity index (χ1v) is 9.54. The summed E-state index contributed by atoms with van der Waals surface area (Å²) in [6, 6.07) is 14.7. The minimum Gasteiger partial charge on any atom is -0.493 e. The van der Waals surface area contributed by atoms with Crippen LogP contribution in [-0.2, 0) is 16.1 Å². The van der Waals surface area contributed by atoms with Crippen molar-refractivity contribution in [2.75, 3.05) is 7.11 Å². The van der Waals surface area contributed by atoms with Crippen LogP contribution in [0.3, 0.4) is 0 Å². The highest BCUT2D eigenvalue weighted by atomic mass is 35.5. The zero-order valence-corrected chi connectivity index (χ0v) is 17.1. The molecule has 0 bridgehead atoms. The van der Waals surface area contributed by atoms with Gasteiger partial charge in [0.15, 0.2) is 23.0 Å². The normalized spacial score (nSPS) is 14.6. The minimum atomic E-state index is -0.573. The van der Waals surface area contributed by atoms with Gasteiger partial charge in [0, 0.05) is 0 Å². The van der Waals surface area contributed by atoms with Crippen LogP contribution in [0.5, 0.6) is 11.5 Å². The molecule has 4 rings (SSSR count). The highest BCUT2D eigenvalue weighted by molar-refractivity contribution is 6.32. The van der Waals surface area contributed by atoms with Crippen molar-refractivity contribution in [1.29, 1.82) is 0 Å². The number of aliphatic imine (C=N–C) groups is 1. The van der Waals surface area contributed by atoms with Crippen LogP contribution < -0.4 is 9.47 Å². The van der Waals surface area contributed by atoms with Crippen LogP contribution in [0.1, 0.15) is 22.5 Å². The number of hydrogen-bond acceptors (Lipinski definition) is 6. The fourth-order valence-corrected chi connectivity index (χ4v) is 3.23. The molecule has 1 aliphatic rings. The minimum absolute atomic E-state index is 0.118. The SMILES string of the molecule is COc1cc(/C=C2\N=C(c3ccco3)OC2=O)cc(Cl)c1OCc1ccccc1C. The van der Waals surface area contributed by atoms with Crippen LogP contribution in [-0.4, -0.2) is 19.0 Å². The van der Waals surface area contributed by atoms with Gasteiger partial charge in [0.1, 0.15) is 6.61 Å². The number of methoxy groups -OCH3 is 1. The monoisotopic (exact) mass is 423 g/mol. The Hall–Kier alpha value is -3.51. The predicted molar refractivity (Wildman–Crippen MR) is 113 cm³/mol. The van der Waals surface area contributed by atoms with Crippen molar-refractivity contribution in [3.63, 3.8) is 0 Å². The Balaban J connectivity index is 1.60. The van der Waals surface area contributed by atoms with E-state index >= 15 is 0 Å². The first-order valence-electron chi connectivity index (χ1n) is 9.16. The van der Waals surface area contributed by atoms with Crippen molar-refractivity contribution < 1.29 is 23.4 Å². The summed E-state index contributed by atoms with van der Waals surface area (Å²) in [5.41, 5.74) is 2.93. The van der Waals surface area contributed by atoms with E-state index < -0.39 is 5.97 Å². The number of furan rings is 1. The molecule has 0 fully saturated rings. The van der Waals surface area contributed by atoms with E-state index in [0.29, 0.717) is 34.5 Å². The molecular formula is C23H18ClNO5. The summed E-state index contributed by atoms with van der Waals surface area (Å²) in [6.07, 6.45) is 3.05. The molecule has 0 aliphatic carbocycles. The molecule has 30 heavy (non-hydrogen) atoms. The van der Waals surface area contributed by atoms with E-state index in [1.165, 1.54) is 13.4 Å². The van der Waals surface area contributed by atoms with Gasteiger partial charge >= 0.3 is 5.97 Å². The number of benzene rings is 2. The van der Waals surface area contributed by atoms with Crippen LogP contribution in [0.15, 0.2) is 69.9 Å². The molecule has 2 aromatic carbocycles. The van der Waals surface area contributed by atoms with Gasteiger partial charge in [0.2, 0.25) is 0 Å². The summed E-state index contributed by atoms with van der Waals surface area (Å²) >= 11 is 6.45. The molecule has 0 saturated carbocycles. The lowest BCUT2D eigenvalue weighted by atomic mass is 10.1. The standard InChI is InChI=1S/C23H18ClNO5/c1-14-6-3-4-7-16(14)13-29-21-17(24)10-15(12-20(21)27-2)11-18-23(26)30-22(25-18)19-8-5-9-28-19/h3-12H,13H2,1-2H3/b18-11-. The molecule has 0 unspecified atom stereocenters. The molecule has 0 radical (unpaired) electrons. The molecule has 6 nitrogen and oxygen atoms in total. The van der Waals surface area contributed by atoms with Gasteiger partial charge in [-0.25, -0.2) is 9.79 Å². The molecule has 152 valence electrons. The maximum absolute atomic E-state index is 12.1. The number of nitrogens with zero attached hydrogens (tertiary/aromatic N) is 1. The zero-order valence-electron chi connectivity index (χ0n) is 16.3. The van der Waals surface area contributed by atoms with Gasteiger partial charge in [0.05, 0.1) is 18.4 Å². The van der Waals surface area contributed by atoms with Crippen molar-refractivity contribution in [3.8, 4) is 11.5 Å². The van der Waals surface area contributed by atoms with Gasteiger partial charge < -0.3 is 18.6 Å². The number of ether oxygens (including phenoxy) is 3. The van der Waals surface area contributed by atoms with Gasteiger partial charge in [-0.1, -0.05) is 35.9 Å². The summed E-state index contributed by atoms with van der Waals surface area (Å²) < 4.78 is 21.8. The van der Waals surface area contributed by atoms with Gasteiger partial charge in [-0.3, -0.25) is 0 Å². The van der Waals surface area contributed by atoms with Crippen LogP contribution in [0.2, 0.25) is 5.02 Å². The van der Waals surface area contributed by atoms with E-state index in [1.54, 1.807) is 30.3 Å². The van der Waals surface area contributed by atoms with E-state index in [1.807, 2.05) is 31.2 Å². The lowest BCUT2D eigenvalue weighted by molar-refractivity contribution is -0.130. The summed E-state index contributed by atoms with van der Waals surface area (Å²) in [4.78, 5) is 16.3. The van der Waals surface area contributed by atoms with Crippen molar-refractivity contribution in [2.24, 2.45) is 4.99 Å². The van der Waals surface area contributed by atoms with Crippen molar-refractivity contribution in [3.05, 3.63) is 88.0 Å². The van der Waals surface area contributed by atoms with E-state index in [9.17, 15) is 4.79 Å². The van der Waals surface area contributed by atoms with Crippen molar-refractivity contribution >= 4 is 29.5 Å². The number of carbonyl (C=O) groups excluding carboxylic acids is 1. The lowest BCUT2D eigenvalue weighted by Crippen LogP contribution is -2.04. The number of carbonyl (C=O) groups is 1. The number of aryl methyl sites for hydroxylation is 1.